The van der Waals surface area contributed by atoms with Crippen molar-refractivity contribution in [1.29, 1.82) is 0 Å². The molecule has 5 heteroatoms. The first kappa shape index (κ1) is 21.9. The monoisotopic (exact) mass is 383 g/mol. The highest BCUT2D eigenvalue weighted by Gasteiger charge is 2.16. The summed E-state index contributed by atoms with van der Waals surface area (Å²) in [6, 6.07) is 11.8. The van der Waals surface area contributed by atoms with E-state index in [9.17, 15) is 9.59 Å². The summed E-state index contributed by atoms with van der Waals surface area (Å²) >= 11 is 0. The van der Waals surface area contributed by atoms with E-state index < -0.39 is 0 Å². The van der Waals surface area contributed by atoms with E-state index in [1.165, 1.54) is 0 Å². The lowest BCUT2D eigenvalue weighted by atomic mass is 10.0. The molecule has 0 aliphatic heterocycles. The van der Waals surface area contributed by atoms with Crippen molar-refractivity contribution < 1.29 is 9.59 Å². The van der Waals surface area contributed by atoms with Crippen molar-refractivity contribution >= 4 is 28.2 Å². The Morgan fingerprint density at radius 2 is 1.71 bits per heavy atom. The van der Waals surface area contributed by atoms with Gasteiger partial charge >= 0.3 is 0 Å². The Balaban J connectivity index is 2.10. The van der Waals surface area contributed by atoms with Gasteiger partial charge in [-0.05, 0) is 61.2 Å². The van der Waals surface area contributed by atoms with Gasteiger partial charge in [-0.2, -0.15) is 0 Å². The number of hydrogen-bond donors (Lipinski definition) is 1. The van der Waals surface area contributed by atoms with Crippen molar-refractivity contribution in [3.8, 4) is 0 Å². The minimum absolute atomic E-state index is 0.0626. The summed E-state index contributed by atoms with van der Waals surface area (Å²) in [5.74, 6) is 0.752. The Hall–Kier alpha value is -2.40. The number of fused-ring (bicyclic) bond motifs is 1. The number of rotatable bonds is 10. The van der Waals surface area contributed by atoms with Gasteiger partial charge in [-0.25, -0.2) is 0 Å². The number of nitrogens with two attached hydrogens (primary N) is 1. The molecule has 0 atom stereocenters. The first-order valence-corrected chi connectivity index (χ1v) is 10.1. The van der Waals surface area contributed by atoms with Crippen LogP contribution in [-0.4, -0.2) is 49.8 Å². The first-order valence-electron chi connectivity index (χ1n) is 10.1. The van der Waals surface area contributed by atoms with Gasteiger partial charge in [-0.1, -0.05) is 32.0 Å². The third kappa shape index (κ3) is 6.06. The normalized spacial score (nSPS) is 11.1. The van der Waals surface area contributed by atoms with Crippen molar-refractivity contribution in [2.75, 3.05) is 38.1 Å². The lowest BCUT2D eigenvalue weighted by Gasteiger charge is -2.27. The molecule has 0 aliphatic rings. The minimum atomic E-state index is 0.0626. The van der Waals surface area contributed by atoms with Crippen LogP contribution < -0.4 is 10.6 Å². The number of carbonyl (C=O) groups is 2. The second-order valence-electron chi connectivity index (χ2n) is 7.86. The second-order valence-corrected chi connectivity index (χ2v) is 7.86. The molecular weight excluding hydrogens is 350 g/mol. The van der Waals surface area contributed by atoms with Gasteiger partial charge in [0, 0.05) is 31.4 Å². The molecule has 0 saturated carbocycles. The van der Waals surface area contributed by atoms with Gasteiger partial charge in [0.1, 0.15) is 0 Å². The smallest absolute Gasteiger partial charge is 0.242 e. The van der Waals surface area contributed by atoms with Gasteiger partial charge in [0.05, 0.1) is 6.54 Å². The molecule has 28 heavy (non-hydrogen) atoms. The number of Topliss-reactive ketones (excluding diaryl/α,β-unsaturated/α-hetero) is 1. The third-order valence-electron chi connectivity index (χ3n) is 5.00. The van der Waals surface area contributed by atoms with Crippen LogP contribution in [0.5, 0.6) is 0 Å². The lowest BCUT2D eigenvalue weighted by molar-refractivity contribution is -0.129. The molecule has 152 valence electrons. The van der Waals surface area contributed by atoms with Crippen LogP contribution in [0.15, 0.2) is 36.4 Å². The molecule has 0 aliphatic carbocycles. The predicted octanol–water partition coefficient (Wildman–Crippen LogP) is 3.70. The van der Waals surface area contributed by atoms with Crippen molar-refractivity contribution in [2.45, 2.75) is 33.6 Å². The van der Waals surface area contributed by atoms with Gasteiger partial charge in [0.2, 0.25) is 5.91 Å². The molecule has 1 amide bonds. The van der Waals surface area contributed by atoms with Crippen LogP contribution in [0.3, 0.4) is 0 Å². The number of anilines is 1. The molecule has 0 bridgehead atoms. The standard InChI is InChI=1S/C23H33N3O2/c1-17(2)10-13-26(12-5-11-24)23(28)16-25(4)22-9-8-20-14-19(18(3)27)6-7-21(20)15-22/h6-9,14-15,17H,5,10-13,16,24H2,1-4H3. The molecule has 0 fully saturated rings. The molecule has 0 radical (unpaired) electrons. The Labute approximate surface area is 168 Å². The quantitative estimate of drug-likeness (QED) is 0.635. The molecule has 2 aromatic carbocycles. The summed E-state index contributed by atoms with van der Waals surface area (Å²) in [7, 11) is 1.94. The highest BCUT2D eigenvalue weighted by Crippen LogP contribution is 2.23. The van der Waals surface area contributed by atoms with E-state index in [0.717, 1.165) is 35.8 Å². The maximum Gasteiger partial charge on any atom is 0.242 e. The molecule has 5 nitrogen and oxygen atoms in total. The van der Waals surface area contributed by atoms with E-state index in [1.807, 2.05) is 47.2 Å². The van der Waals surface area contributed by atoms with Crippen LogP contribution in [0.25, 0.3) is 10.8 Å². The molecule has 0 aromatic heterocycles. The van der Waals surface area contributed by atoms with E-state index in [2.05, 4.69) is 19.9 Å². The Morgan fingerprint density at radius 3 is 2.36 bits per heavy atom. The maximum absolute atomic E-state index is 12.8. The fourth-order valence-corrected chi connectivity index (χ4v) is 3.14. The minimum Gasteiger partial charge on any atom is -0.365 e. The molecule has 2 rings (SSSR count). The second kappa shape index (κ2) is 10.2. The van der Waals surface area contributed by atoms with Crippen LogP contribution in [-0.2, 0) is 4.79 Å². The number of ketones is 1. The van der Waals surface area contributed by atoms with Crippen molar-refractivity contribution in [3.63, 3.8) is 0 Å². The van der Waals surface area contributed by atoms with Crippen molar-refractivity contribution in [1.82, 2.24) is 4.90 Å². The van der Waals surface area contributed by atoms with Crippen LogP contribution in [0.2, 0.25) is 0 Å². The third-order valence-corrected chi connectivity index (χ3v) is 5.00. The number of amides is 1. The van der Waals surface area contributed by atoms with Gasteiger partial charge in [-0.15, -0.1) is 0 Å². The van der Waals surface area contributed by atoms with Gasteiger partial charge < -0.3 is 15.5 Å². The van der Waals surface area contributed by atoms with E-state index >= 15 is 0 Å². The lowest BCUT2D eigenvalue weighted by Crippen LogP contribution is -2.41. The fraction of sp³-hybridized carbons (Fsp3) is 0.478. The molecular formula is C23H33N3O2. The Morgan fingerprint density at radius 1 is 1.04 bits per heavy atom. The number of hydrogen-bond acceptors (Lipinski definition) is 4. The largest absolute Gasteiger partial charge is 0.365 e. The zero-order chi connectivity index (χ0) is 20.7. The number of nitrogens with zero attached hydrogens (tertiary/aromatic N) is 2. The van der Waals surface area contributed by atoms with Crippen molar-refractivity contribution in [3.05, 3.63) is 42.0 Å². The van der Waals surface area contributed by atoms with Crippen LogP contribution in [0.4, 0.5) is 5.69 Å². The van der Waals surface area contributed by atoms with Crippen LogP contribution in [0, 0.1) is 5.92 Å². The SMILES string of the molecule is CC(=O)c1ccc2cc(N(C)CC(=O)N(CCCN)CCC(C)C)ccc2c1. The number of carbonyl (C=O) groups excluding carboxylic acids is 2. The maximum atomic E-state index is 12.8. The first-order chi connectivity index (χ1) is 13.3. The molecule has 0 unspecified atom stereocenters. The van der Waals surface area contributed by atoms with Crippen LogP contribution in [0.1, 0.15) is 44.0 Å². The molecule has 2 N–H and O–H groups in total. The molecule has 0 saturated heterocycles. The van der Waals surface area contributed by atoms with Gasteiger partial charge in [0.25, 0.3) is 0 Å². The topological polar surface area (TPSA) is 66.6 Å². The summed E-state index contributed by atoms with van der Waals surface area (Å²) in [4.78, 5) is 28.3. The molecule has 0 spiro atoms. The van der Waals surface area contributed by atoms with E-state index in [1.54, 1.807) is 6.92 Å². The van der Waals surface area contributed by atoms with Crippen LogP contribution >= 0.6 is 0 Å². The Kier molecular flexibility index (Phi) is 8.00. The van der Waals surface area contributed by atoms with E-state index in [4.69, 9.17) is 5.73 Å². The predicted molar refractivity (Wildman–Crippen MR) is 117 cm³/mol. The molecule has 0 heterocycles. The molecule has 2 aromatic rings. The van der Waals surface area contributed by atoms with E-state index in [0.29, 0.717) is 31.1 Å². The summed E-state index contributed by atoms with van der Waals surface area (Å²) in [5, 5.41) is 2.08. The highest BCUT2D eigenvalue weighted by atomic mass is 16.2. The van der Waals surface area contributed by atoms with Gasteiger partial charge in [-0.3, -0.25) is 9.59 Å². The Bertz CT molecular complexity index is 817. The summed E-state index contributed by atoms with van der Waals surface area (Å²) in [6.07, 6.45) is 1.82. The average molecular weight is 384 g/mol. The van der Waals surface area contributed by atoms with E-state index in [-0.39, 0.29) is 11.7 Å². The van der Waals surface area contributed by atoms with Crippen molar-refractivity contribution in [2.24, 2.45) is 11.7 Å². The number of likely N-dealkylation sites (N-methyl/N-ethyl adjacent to an activating group) is 1. The average Bonchev–Trinajstić information content (AvgIpc) is 2.66. The van der Waals surface area contributed by atoms with Gasteiger partial charge in [0.15, 0.2) is 5.78 Å². The zero-order valence-electron chi connectivity index (χ0n) is 17.6. The summed E-state index contributed by atoms with van der Waals surface area (Å²) < 4.78 is 0. The summed E-state index contributed by atoms with van der Waals surface area (Å²) in [5.41, 5.74) is 7.34. The fourth-order valence-electron chi connectivity index (χ4n) is 3.14. The highest BCUT2D eigenvalue weighted by molar-refractivity contribution is 5.99. The number of benzene rings is 2. The summed E-state index contributed by atoms with van der Waals surface area (Å²) in [6.45, 7) is 8.32. The zero-order valence-corrected chi connectivity index (χ0v) is 17.6.